The van der Waals surface area contributed by atoms with Crippen molar-refractivity contribution in [1.29, 1.82) is 0 Å². The van der Waals surface area contributed by atoms with E-state index in [9.17, 15) is 13.2 Å². The van der Waals surface area contributed by atoms with Crippen LogP contribution in [0.25, 0.3) is 0 Å². The zero-order valence-electron chi connectivity index (χ0n) is 5.81. The number of aryl methyl sites for hydroxylation is 1. The average molecular weight is 161 g/mol. The summed E-state index contributed by atoms with van der Waals surface area (Å²) in [7, 11) is 0. The van der Waals surface area contributed by atoms with Gasteiger partial charge in [-0.25, -0.2) is 13.8 Å². The number of hydrogen-bond acceptors (Lipinski definition) is 1. The fraction of sp³-hybridized carbons (Fsp3) is 0.286. The highest BCUT2D eigenvalue weighted by atomic mass is 19.3. The minimum atomic E-state index is -2.70. The zero-order valence-corrected chi connectivity index (χ0v) is 5.81. The van der Waals surface area contributed by atoms with Crippen LogP contribution in [-0.4, -0.2) is 4.98 Å². The second kappa shape index (κ2) is 2.90. The predicted molar refractivity (Wildman–Crippen MR) is 33.9 cm³/mol. The Morgan fingerprint density at radius 2 is 2.00 bits per heavy atom. The molecule has 1 aromatic rings. The maximum Gasteiger partial charge on any atom is 0.280 e. The highest BCUT2D eigenvalue weighted by Crippen LogP contribution is 2.19. The van der Waals surface area contributed by atoms with Crippen molar-refractivity contribution in [3.8, 4) is 0 Å². The summed E-state index contributed by atoms with van der Waals surface area (Å²) in [6, 6.07) is 2.34. The molecule has 1 rings (SSSR count). The Kier molecular flexibility index (Phi) is 2.12. The molecular weight excluding hydrogens is 155 g/mol. The van der Waals surface area contributed by atoms with Crippen LogP contribution in [0.1, 0.15) is 17.7 Å². The summed E-state index contributed by atoms with van der Waals surface area (Å²) in [5.74, 6) is -0.870. The Balaban J connectivity index is 3.13. The number of hydrogen-bond donors (Lipinski definition) is 0. The molecule has 0 fully saturated rings. The Hall–Kier alpha value is -1.06. The molecule has 1 nitrogen and oxygen atoms in total. The van der Waals surface area contributed by atoms with Crippen LogP contribution >= 0.6 is 0 Å². The third kappa shape index (κ3) is 1.69. The zero-order chi connectivity index (χ0) is 8.43. The van der Waals surface area contributed by atoms with Crippen LogP contribution in [0.5, 0.6) is 0 Å². The summed E-state index contributed by atoms with van der Waals surface area (Å²) in [6.07, 6.45) is -2.70. The lowest BCUT2D eigenvalue weighted by atomic mass is 10.2. The van der Waals surface area contributed by atoms with Crippen molar-refractivity contribution in [2.24, 2.45) is 0 Å². The Bertz CT molecular complexity index is 260. The average Bonchev–Trinajstić information content (AvgIpc) is 1.94. The SMILES string of the molecule is Cc1ccc(F)nc1C(F)F. The van der Waals surface area contributed by atoms with E-state index in [1.165, 1.54) is 13.0 Å². The summed E-state index contributed by atoms with van der Waals surface area (Å²) >= 11 is 0. The third-order valence-corrected chi connectivity index (χ3v) is 1.31. The van der Waals surface area contributed by atoms with Crippen LogP contribution in [-0.2, 0) is 0 Å². The van der Waals surface area contributed by atoms with Crippen LogP contribution in [0, 0.1) is 12.9 Å². The molecule has 0 aromatic carbocycles. The van der Waals surface area contributed by atoms with Gasteiger partial charge in [-0.2, -0.15) is 4.39 Å². The van der Waals surface area contributed by atoms with Gasteiger partial charge in [0.2, 0.25) is 5.95 Å². The molecule has 0 spiro atoms. The van der Waals surface area contributed by atoms with Gasteiger partial charge in [0.15, 0.2) is 0 Å². The molecular formula is C7H6F3N. The minimum absolute atomic E-state index is 0.307. The summed E-state index contributed by atoms with van der Waals surface area (Å²) in [4.78, 5) is 3.06. The van der Waals surface area contributed by atoms with E-state index in [1.54, 1.807) is 0 Å². The van der Waals surface area contributed by atoms with Crippen molar-refractivity contribution in [1.82, 2.24) is 4.98 Å². The van der Waals surface area contributed by atoms with Crippen LogP contribution in [0.4, 0.5) is 13.2 Å². The van der Waals surface area contributed by atoms with Gasteiger partial charge in [0, 0.05) is 0 Å². The van der Waals surface area contributed by atoms with Crippen molar-refractivity contribution < 1.29 is 13.2 Å². The van der Waals surface area contributed by atoms with Crippen LogP contribution in [0.15, 0.2) is 12.1 Å². The van der Waals surface area contributed by atoms with Crippen molar-refractivity contribution in [2.75, 3.05) is 0 Å². The van der Waals surface area contributed by atoms with Crippen molar-refractivity contribution in [2.45, 2.75) is 13.3 Å². The smallest absolute Gasteiger partial charge is 0.218 e. The fourth-order valence-electron chi connectivity index (χ4n) is 0.741. The molecule has 1 heterocycles. The molecule has 0 amide bonds. The minimum Gasteiger partial charge on any atom is -0.218 e. The molecule has 0 N–H and O–H groups in total. The van der Waals surface area contributed by atoms with Gasteiger partial charge in [0.05, 0.1) is 0 Å². The predicted octanol–water partition coefficient (Wildman–Crippen LogP) is 2.47. The topological polar surface area (TPSA) is 12.9 Å². The first kappa shape index (κ1) is 8.04. The van der Waals surface area contributed by atoms with E-state index in [0.29, 0.717) is 5.56 Å². The standard InChI is InChI=1S/C7H6F3N/c1-4-2-3-5(8)11-6(4)7(9)10/h2-3,7H,1H3. The first-order valence-corrected chi connectivity index (χ1v) is 3.02. The third-order valence-electron chi connectivity index (χ3n) is 1.31. The molecule has 1 aromatic heterocycles. The van der Waals surface area contributed by atoms with E-state index in [2.05, 4.69) is 4.98 Å². The lowest BCUT2D eigenvalue weighted by Crippen LogP contribution is -1.96. The van der Waals surface area contributed by atoms with E-state index >= 15 is 0 Å². The van der Waals surface area contributed by atoms with Gasteiger partial charge in [-0.15, -0.1) is 0 Å². The van der Waals surface area contributed by atoms with Gasteiger partial charge in [-0.3, -0.25) is 0 Å². The highest BCUT2D eigenvalue weighted by Gasteiger charge is 2.12. The van der Waals surface area contributed by atoms with Crippen molar-refractivity contribution >= 4 is 0 Å². The molecule has 0 saturated heterocycles. The lowest BCUT2D eigenvalue weighted by molar-refractivity contribution is 0.144. The van der Waals surface area contributed by atoms with E-state index in [0.717, 1.165) is 6.07 Å². The molecule has 0 atom stereocenters. The normalized spacial score (nSPS) is 10.6. The number of rotatable bonds is 1. The quantitative estimate of drug-likeness (QED) is 0.576. The lowest BCUT2D eigenvalue weighted by Gasteiger charge is -2.01. The maximum atomic E-state index is 12.3. The van der Waals surface area contributed by atoms with Crippen LogP contribution in [0.3, 0.4) is 0 Å². The Labute approximate surface area is 61.9 Å². The largest absolute Gasteiger partial charge is 0.280 e. The van der Waals surface area contributed by atoms with Crippen LogP contribution < -0.4 is 0 Å². The van der Waals surface area contributed by atoms with Crippen LogP contribution in [0.2, 0.25) is 0 Å². The first-order chi connectivity index (χ1) is 5.11. The van der Waals surface area contributed by atoms with Gasteiger partial charge in [-0.1, -0.05) is 6.07 Å². The second-order valence-electron chi connectivity index (χ2n) is 2.14. The first-order valence-electron chi connectivity index (χ1n) is 3.02. The molecule has 11 heavy (non-hydrogen) atoms. The number of pyridine rings is 1. The number of aromatic nitrogens is 1. The molecule has 0 unspecified atom stereocenters. The summed E-state index contributed by atoms with van der Waals surface area (Å²) in [6.45, 7) is 1.47. The molecule has 0 bridgehead atoms. The van der Waals surface area contributed by atoms with Gasteiger partial charge in [0.25, 0.3) is 6.43 Å². The molecule has 4 heteroatoms. The van der Waals surface area contributed by atoms with E-state index < -0.39 is 18.1 Å². The van der Waals surface area contributed by atoms with Crippen molar-refractivity contribution in [3.63, 3.8) is 0 Å². The molecule has 0 saturated carbocycles. The number of halogens is 3. The molecule has 60 valence electrons. The van der Waals surface area contributed by atoms with Gasteiger partial charge in [0.1, 0.15) is 5.69 Å². The van der Waals surface area contributed by atoms with Crippen molar-refractivity contribution in [3.05, 3.63) is 29.3 Å². The summed E-state index contributed by atoms with van der Waals surface area (Å²) in [5, 5.41) is 0. The molecule has 0 aliphatic rings. The number of alkyl halides is 2. The van der Waals surface area contributed by atoms with E-state index in [-0.39, 0.29) is 0 Å². The molecule has 0 aliphatic carbocycles. The summed E-state index contributed by atoms with van der Waals surface area (Å²) < 4.78 is 36.2. The fourth-order valence-corrected chi connectivity index (χ4v) is 0.741. The maximum absolute atomic E-state index is 12.3. The van der Waals surface area contributed by atoms with Gasteiger partial charge >= 0.3 is 0 Å². The second-order valence-corrected chi connectivity index (χ2v) is 2.14. The number of nitrogens with zero attached hydrogens (tertiary/aromatic N) is 1. The monoisotopic (exact) mass is 161 g/mol. The van der Waals surface area contributed by atoms with Gasteiger partial charge in [-0.05, 0) is 18.6 Å². The summed E-state index contributed by atoms with van der Waals surface area (Å²) in [5.41, 5.74) is -0.175. The Morgan fingerprint density at radius 3 is 2.45 bits per heavy atom. The van der Waals surface area contributed by atoms with E-state index in [1.807, 2.05) is 0 Å². The Morgan fingerprint density at radius 1 is 1.36 bits per heavy atom. The van der Waals surface area contributed by atoms with Gasteiger partial charge < -0.3 is 0 Å². The molecule has 0 radical (unpaired) electrons. The highest BCUT2D eigenvalue weighted by molar-refractivity contribution is 5.18. The molecule has 0 aliphatic heterocycles. The van der Waals surface area contributed by atoms with E-state index in [4.69, 9.17) is 0 Å².